The third-order valence-electron chi connectivity index (χ3n) is 2.48. The Labute approximate surface area is 115 Å². The molecule has 0 radical (unpaired) electrons. The number of nitro groups is 1. The van der Waals surface area contributed by atoms with Crippen molar-refractivity contribution in [2.75, 3.05) is 6.61 Å². The summed E-state index contributed by atoms with van der Waals surface area (Å²) < 4.78 is 18.7. The van der Waals surface area contributed by atoms with Crippen LogP contribution in [0.5, 0.6) is 0 Å². The predicted molar refractivity (Wildman–Crippen MR) is 72.5 cm³/mol. The van der Waals surface area contributed by atoms with Gasteiger partial charge in [-0.25, -0.2) is 8.93 Å². The van der Waals surface area contributed by atoms with Gasteiger partial charge >= 0.3 is 5.97 Å². The van der Waals surface area contributed by atoms with E-state index in [-0.39, 0.29) is 6.61 Å². The quantitative estimate of drug-likeness (QED) is 0.448. The fourth-order valence-electron chi connectivity index (χ4n) is 1.10. The van der Waals surface area contributed by atoms with Crippen LogP contribution in [-0.2, 0) is 20.5 Å². The molecule has 0 aromatic rings. The average Bonchev–Trinajstić information content (AvgIpc) is 2.23. The third-order valence-corrected chi connectivity index (χ3v) is 4.04. The lowest BCUT2D eigenvalue weighted by molar-refractivity contribution is -0.562. The molecule has 0 unspecified atom stereocenters. The van der Waals surface area contributed by atoms with Gasteiger partial charge in [0, 0.05) is 18.8 Å². The Kier molecular flexibility index (Phi) is 6.08. The molecule has 0 saturated heterocycles. The molecule has 7 nitrogen and oxygen atoms in total. The first-order valence-corrected chi connectivity index (χ1v) is 7.08. The van der Waals surface area contributed by atoms with Gasteiger partial charge in [-0.15, -0.1) is 0 Å². The number of carbonyl (C=O) groups excluding carboxylic acids is 1. The molecular formula is C11H22N2O5S. The first-order valence-electron chi connectivity index (χ1n) is 5.93. The van der Waals surface area contributed by atoms with E-state index in [2.05, 4.69) is 4.72 Å². The van der Waals surface area contributed by atoms with Gasteiger partial charge in [-0.1, -0.05) is 0 Å². The van der Waals surface area contributed by atoms with Crippen LogP contribution in [0.2, 0.25) is 0 Å². The van der Waals surface area contributed by atoms with Crippen molar-refractivity contribution < 1.29 is 18.7 Å². The molecule has 0 fully saturated rings. The van der Waals surface area contributed by atoms with Crippen LogP contribution in [0.25, 0.3) is 0 Å². The van der Waals surface area contributed by atoms with E-state index in [1.165, 1.54) is 13.8 Å². The van der Waals surface area contributed by atoms with Crippen molar-refractivity contribution in [1.29, 1.82) is 0 Å². The van der Waals surface area contributed by atoms with E-state index in [0.29, 0.717) is 0 Å². The maximum absolute atomic E-state index is 12.0. The van der Waals surface area contributed by atoms with Crippen LogP contribution < -0.4 is 4.72 Å². The van der Waals surface area contributed by atoms with Gasteiger partial charge < -0.3 is 4.74 Å². The van der Waals surface area contributed by atoms with Gasteiger partial charge in [0.25, 0.3) is 0 Å². The molecule has 0 saturated carbocycles. The van der Waals surface area contributed by atoms with Crippen LogP contribution in [0.4, 0.5) is 0 Å². The number of nitrogens with zero attached hydrogens (tertiary/aromatic N) is 1. The lowest BCUT2D eigenvalue weighted by Gasteiger charge is -2.28. The summed E-state index contributed by atoms with van der Waals surface area (Å²) in [5.74, 6) is -0.776. The molecule has 0 amide bonds. The van der Waals surface area contributed by atoms with Gasteiger partial charge in [-0.3, -0.25) is 14.9 Å². The van der Waals surface area contributed by atoms with Crippen molar-refractivity contribution in [3.8, 4) is 0 Å². The molecule has 0 aliphatic carbocycles. The van der Waals surface area contributed by atoms with Gasteiger partial charge in [0.15, 0.2) is 6.04 Å². The van der Waals surface area contributed by atoms with E-state index < -0.39 is 38.2 Å². The first-order chi connectivity index (χ1) is 8.44. The molecule has 112 valence electrons. The fourth-order valence-corrected chi connectivity index (χ4v) is 2.05. The summed E-state index contributed by atoms with van der Waals surface area (Å²) in [5.41, 5.74) is -1.62. The maximum atomic E-state index is 12.0. The molecular weight excluding hydrogens is 272 g/mol. The van der Waals surface area contributed by atoms with E-state index in [0.717, 1.165) is 0 Å². The fraction of sp³-hybridized carbons (Fsp3) is 0.909. The number of nitrogens with one attached hydrogen (secondary N) is 1. The van der Waals surface area contributed by atoms with Crippen LogP contribution in [0, 0.1) is 10.1 Å². The summed E-state index contributed by atoms with van der Waals surface area (Å²) in [7, 11) is -1.61. The van der Waals surface area contributed by atoms with Crippen LogP contribution in [0.15, 0.2) is 0 Å². The highest BCUT2D eigenvalue weighted by molar-refractivity contribution is 7.84. The van der Waals surface area contributed by atoms with Gasteiger partial charge in [-0.2, -0.15) is 0 Å². The topological polar surface area (TPSA) is 98.5 Å². The Morgan fingerprint density at radius 3 is 2.16 bits per heavy atom. The highest BCUT2D eigenvalue weighted by Gasteiger charge is 2.48. The normalized spacial score (nSPS) is 15.7. The molecule has 0 spiro atoms. The third kappa shape index (κ3) is 4.87. The second-order valence-electron chi connectivity index (χ2n) is 5.59. The molecule has 0 aromatic carbocycles. The molecule has 0 bridgehead atoms. The van der Waals surface area contributed by atoms with Gasteiger partial charge in [0.2, 0.25) is 5.54 Å². The van der Waals surface area contributed by atoms with Gasteiger partial charge in [0.05, 0.1) is 22.3 Å². The Balaban J connectivity index is 5.26. The number of carbonyl (C=O) groups is 1. The van der Waals surface area contributed by atoms with Crippen LogP contribution in [0.1, 0.15) is 41.5 Å². The lowest BCUT2D eigenvalue weighted by atomic mass is 9.96. The predicted octanol–water partition coefficient (Wildman–Crippen LogP) is 1.03. The molecule has 0 aromatic heterocycles. The summed E-state index contributed by atoms with van der Waals surface area (Å²) in [6.07, 6.45) is 0. The van der Waals surface area contributed by atoms with Crippen LogP contribution in [-0.4, -0.2) is 38.0 Å². The number of hydrogen-bond donors (Lipinski definition) is 1. The second kappa shape index (κ2) is 6.42. The maximum Gasteiger partial charge on any atom is 0.331 e. The number of esters is 1. The summed E-state index contributed by atoms with van der Waals surface area (Å²) in [6, 6.07) is -1.28. The molecule has 0 heterocycles. The van der Waals surface area contributed by atoms with Crippen LogP contribution >= 0.6 is 0 Å². The molecule has 2 atom stereocenters. The van der Waals surface area contributed by atoms with Gasteiger partial charge in [-0.05, 0) is 27.7 Å². The largest absolute Gasteiger partial charge is 0.465 e. The van der Waals surface area contributed by atoms with Crippen molar-refractivity contribution in [1.82, 2.24) is 4.72 Å². The average molecular weight is 294 g/mol. The molecule has 0 aliphatic rings. The number of hydrogen-bond acceptors (Lipinski definition) is 5. The molecule has 0 rings (SSSR count). The summed E-state index contributed by atoms with van der Waals surface area (Å²) in [4.78, 5) is 22.3. The monoisotopic (exact) mass is 294 g/mol. The van der Waals surface area contributed by atoms with Crippen molar-refractivity contribution in [3.05, 3.63) is 10.1 Å². The smallest absolute Gasteiger partial charge is 0.331 e. The van der Waals surface area contributed by atoms with Crippen molar-refractivity contribution >= 4 is 17.0 Å². The Morgan fingerprint density at radius 2 is 1.84 bits per heavy atom. The van der Waals surface area contributed by atoms with E-state index in [1.54, 1.807) is 27.7 Å². The molecule has 0 aliphatic heterocycles. The van der Waals surface area contributed by atoms with E-state index in [1.807, 2.05) is 0 Å². The number of ether oxygens (including phenoxy) is 1. The SMILES string of the molecule is CCOC(=O)[C@@H](N[S@@](=O)C(C)(C)C)C(C)(C)[N+](=O)[O-]. The van der Waals surface area contributed by atoms with Crippen LogP contribution in [0.3, 0.4) is 0 Å². The Hall–Kier alpha value is -1.02. The molecule has 8 heteroatoms. The number of rotatable bonds is 6. The minimum absolute atomic E-state index is 0.104. The van der Waals surface area contributed by atoms with E-state index in [9.17, 15) is 19.1 Å². The second-order valence-corrected chi connectivity index (χ2v) is 7.59. The highest BCUT2D eigenvalue weighted by atomic mass is 32.2. The standard InChI is InChI=1S/C11H22N2O5S/c1-7-18-9(14)8(11(5,6)13(15)16)12-19(17)10(2,3)4/h8,12H,7H2,1-6H3/t8-,19+/m1/s1. The summed E-state index contributed by atoms with van der Waals surface area (Å²) >= 11 is 0. The van der Waals surface area contributed by atoms with Gasteiger partial charge in [0.1, 0.15) is 0 Å². The van der Waals surface area contributed by atoms with Crippen molar-refractivity contribution in [3.63, 3.8) is 0 Å². The zero-order chi connectivity index (χ0) is 15.4. The minimum Gasteiger partial charge on any atom is -0.465 e. The lowest BCUT2D eigenvalue weighted by Crippen LogP contribution is -2.58. The zero-order valence-corrected chi connectivity index (χ0v) is 13.0. The molecule has 1 N–H and O–H groups in total. The van der Waals surface area contributed by atoms with Crippen molar-refractivity contribution in [2.45, 2.75) is 57.9 Å². The molecule has 19 heavy (non-hydrogen) atoms. The van der Waals surface area contributed by atoms with E-state index in [4.69, 9.17) is 4.74 Å². The van der Waals surface area contributed by atoms with E-state index >= 15 is 0 Å². The van der Waals surface area contributed by atoms with Crippen molar-refractivity contribution in [2.24, 2.45) is 0 Å². The minimum atomic E-state index is -1.62. The first kappa shape index (κ1) is 18.0. The summed E-state index contributed by atoms with van der Waals surface area (Å²) in [6.45, 7) is 9.41. The highest BCUT2D eigenvalue weighted by Crippen LogP contribution is 2.18. The zero-order valence-electron chi connectivity index (χ0n) is 12.2. The Bertz CT molecular complexity index is 376. The Morgan fingerprint density at radius 1 is 1.37 bits per heavy atom. The summed E-state index contributed by atoms with van der Waals surface area (Å²) in [5, 5.41) is 11.1.